The molecule has 0 atom stereocenters. The van der Waals surface area contributed by atoms with Gasteiger partial charge >= 0.3 is 6.03 Å². The van der Waals surface area contributed by atoms with Crippen molar-refractivity contribution in [1.29, 1.82) is 0 Å². The molecule has 0 aromatic heterocycles. The van der Waals surface area contributed by atoms with E-state index in [1.54, 1.807) is 12.1 Å². The molecule has 1 aliphatic heterocycles. The van der Waals surface area contributed by atoms with Crippen LogP contribution in [0.5, 0.6) is 0 Å². The summed E-state index contributed by atoms with van der Waals surface area (Å²) in [7, 11) is -7.52. The van der Waals surface area contributed by atoms with Crippen molar-refractivity contribution in [3.05, 3.63) is 29.8 Å². The van der Waals surface area contributed by atoms with Gasteiger partial charge in [-0.05, 0) is 19.1 Å². The maximum atomic E-state index is 12.1. The van der Waals surface area contributed by atoms with Crippen molar-refractivity contribution in [3.8, 4) is 0 Å². The summed E-state index contributed by atoms with van der Waals surface area (Å²) in [5.41, 5.74) is 0.886. The number of sulfonamides is 2. The van der Waals surface area contributed by atoms with Crippen LogP contribution in [0.25, 0.3) is 0 Å². The molecule has 1 aromatic rings. The molecule has 0 saturated carbocycles. The molecule has 0 bridgehead atoms. The molecule has 0 unspecified atom stereocenters. The number of aryl methyl sites for hydroxylation is 1. The Hall–Kier alpha value is -1.69. The van der Waals surface area contributed by atoms with E-state index in [1.165, 1.54) is 16.4 Å². The van der Waals surface area contributed by atoms with Crippen molar-refractivity contribution in [2.24, 2.45) is 0 Å². The van der Waals surface area contributed by atoms with Crippen LogP contribution in [0.4, 0.5) is 4.79 Å². The minimum absolute atomic E-state index is 0.0470. The lowest BCUT2D eigenvalue weighted by molar-refractivity contribution is 0.0730. The Morgan fingerprint density at radius 1 is 1.12 bits per heavy atom. The fourth-order valence-corrected chi connectivity index (χ4v) is 4.43. The summed E-state index contributed by atoms with van der Waals surface area (Å²) in [5, 5.41) is 2.25. The lowest BCUT2D eigenvalue weighted by Gasteiger charge is -2.26. The van der Waals surface area contributed by atoms with Gasteiger partial charge in [0.2, 0.25) is 10.0 Å². The van der Waals surface area contributed by atoms with E-state index in [4.69, 9.17) is 4.74 Å². The third kappa shape index (κ3) is 5.66. The molecular formula is C14H21N3O6S2. The summed E-state index contributed by atoms with van der Waals surface area (Å²) in [4.78, 5) is 11.7. The summed E-state index contributed by atoms with van der Waals surface area (Å²) >= 11 is 0. The Bertz CT molecular complexity index is 799. The largest absolute Gasteiger partial charge is 0.379 e. The van der Waals surface area contributed by atoms with Crippen LogP contribution in [0.15, 0.2) is 29.2 Å². The van der Waals surface area contributed by atoms with Crippen LogP contribution in [-0.2, 0) is 24.8 Å². The molecule has 2 N–H and O–H groups in total. The van der Waals surface area contributed by atoms with Gasteiger partial charge in [0.1, 0.15) is 0 Å². The summed E-state index contributed by atoms with van der Waals surface area (Å²) < 4.78 is 56.5. The van der Waals surface area contributed by atoms with Crippen LogP contribution in [0.3, 0.4) is 0 Å². The molecule has 1 aromatic carbocycles. The van der Waals surface area contributed by atoms with Gasteiger partial charge in [-0.25, -0.2) is 26.4 Å². The van der Waals surface area contributed by atoms with Crippen molar-refractivity contribution in [2.45, 2.75) is 11.8 Å². The highest BCUT2D eigenvalue weighted by Gasteiger charge is 2.24. The van der Waals surface area contributed by atoms with Crippen LogP contribution in [-0.4, -0.2) is 65.8 Å². The fraction of sp³-hybridized carbons (Fsp3) is 0.500. The molecular weight excluding hydrogens is 370 g/mol. The molecule has 2 amide bonds. The lowest BCUT2D eigenvalue weighted by atomic mass is 10.2. The normalized spacial score (nSPS) is 16.4. The standard InChI is InChI=1S/C14H21N3O6S2/c1-12-2-4-13(5-3-12)25(21,22)16-14(18)15-6-11-24(19,20)17-7-9-23-10-8-17/h2-5H,6-11H2,1H3,(H2,15,16,18). The summed E-state index contributed by atoms with van der Waals surface area (Å²) in [6, 6.07) is 5.02. The number of carbonyl (C=O) groups is 1. The van der Waals surface area contributed by atoms with Crippen molar-refractivity contribution < 1.29 is 26.4 Å². The number of nitrogens with zero attached hydrogens (tertiary/aromatic N) is 1. The number of amides is 2. The van der Waals surface area contributed by atoms with Crippen molar-refractivity contribution >= 4 is 26.1 Å². The van der Waals surface area contributed by atoms with Crippen molar-refractivity contribution in [3.63, 3.8) is 0 Å². The third-order valence-electron chi connectivity index (χ3n) is 3.57. The number of urea groups is 1. The number of rotatable bonds is 6. The monoisotopic (exact) mass is 391 g/mol. The van der Waals surface area contributed by atoms with Gasteiger partial charge in [-0.1, -0.05) is 17.7 Å². The maximum Gasteiger partial charge on any atom is 0.328 e. The molecule has 11 heteroatoms. The van der Waals surface area contributed by atoms with Gasteiger partial charge in [-0.2, -0.15) is 4.31 Å². The molecule has 1 saturated heterocycles. The topological polar surface area (TPSA) is 122 Å². The second-order valence-electron chi connectivity index (χ2n) is 5.50. The van der Waals surface area contributed by atoms with E-state index in [0.717, 1.165) is 5.56 Å². The molecule has 1 fully saturated rings. The van der Waals surface area contributed by atoms with Gasteiger partial charge in [-0.15, -0.1) is 0 Å². The summed E-state index contributed by atoms with van der Waals surface area (Å²) in [6.07, 6.45) is 0. The molecule has 140 valence electrons. The third-order valence-corrected chi connectivity index (χ3v) is 6.79. The van der Waals surface area contributed by atoms with Crippen molar-refractivity contribution in [2.75, 3.05) is 38.6 Å². The zero-order valence-electron chi connectivity index (χ0n) is 13.8. The minimum atomic E-state index is -4.00. The minimum Gasteiger partial charge on any atom is -0.379 e. The number of morpholine rings is 1. The van der Waals surface area contributed by atoms with E-state index in [0.29, 0.717) is 13.2 Å². The summed E-state index contributed by atoms with van der Waals surface area (Å²) in [6.45, 7) is 2.83. The van der Waals surface area contributed by atoms with E-state index >= 15 is 0 Å². The second-order valence-corrected chi connectivity index (χ2v) is 9.27. The Kier molecular flexibility index (Phi) is 6.38. The predicted molar refractivity (Wildman–Crippen MR) is 91.1 cm³/mol. The van der Waals surface area contributed by atoms with E-state index in [1.807, 2.05) is 11.6 Å². The highest BCUT2D eigenvalue weighted by atomic mass is 32.2. The quantitative estimate of drug-likeness (QED) is 0.683. The van der Waals surface area contributed by atoms with Gasteiger partial charge < -0.3 is 10.1 Å². The molecule has 9 nitrogen and oxygen atoms in total. The molecule has 0 aliphatic carbocycles. The first kappa shape index (κ1) is 19.6. The molecule has 0 spiro atoms. The predicted octanol–water partition coefficient (Wildman–Crippen LogP) is -0.355. The SMILES string of the molecule is Cc1ccc(S(=O)(=O)NC(=O)NCCS(=O)(=O)N2CCOCC2)cc1. The molecule has 0 radical (unpaired) electrons. The number of benzene rings is 1. The number of hydrogen-bond acceptors (Lipinski definition) is 6. The first-order chi connectivity index (χ1) is 11.7. The van der Waals surface area contributed by atoms with E-state index in [9.17, 15) is 21.6 Å². The highest BCUT2D eigenvalue weighted by molar-refractivity contribution is 7.90. The fourth-order valence-electron chi connectivity index (χ4n) is 2.18. The zero-order valence-corrected chi connectivity index (χ0v) is 15.4. The Labute approximate surface area is 147 Å². The number of carbonyl (C=O) groups excluding carboxylic acids is 1. The number of nitrogens with one attached hydrogen (secondary N) is 2. The number of ether oxygens (including phenoxy) is 1. The molecule has 1 heterocycles. The van der Waals surface area contributed by atoms with Crippen LogP contribution in [0, 0.1) is 6.92 Å². The average molecular weight is 391 g/mol. The maximum absolute atomic E-state index is 12.1. The van der Waals surface area contributed by atoms with E-state index in [2.05, 4.69) is 5.32 Å². The van der Waals surface area contributed by atoms with Gasteiger partial charge in [0.25, 0.3) is 10.0 Å². The van der Waals surface area contributed by atoms with Gasteiger partial charge in [0.15, 0.2) is 0 Å². The van der Waals surface area contributed by atoms with E-state index in [-0.39, 0.29) is 30.3 Å². The van der Waals surface area contributed by atoms with E-state index < -0.39 is 26.1 Å². The van der Waals surface area contributed by atoms with Gasteiger partial charge in [-0.3, -0.25) is 0 Å². The lowest BCUT2D eigenvalue weighted by Crippen LogP contribution is -2.45. The molecule has 2 rings (SSSR count). The van der Waals surface area contributed by atoms with Crippen LogP contribution in [0.2, 0.25) is 0 Å². The zero-order chi connectivity index (χ0) is 18.5. The van der Waals surface area contributed by atoms with Crippen LogP contribution < -0.4 is 10.0 Å². The van der Waals surface area contributed by atoms with Crippen LogP contribution >= 0.6 is 0 Å². The first-order valence-electron chi connectivity index (χ1n) is 7.64. The number of hydrogen-bond donors (Lipinski definition) is 2. The highest BCUT2D eigenvalue weighted by Crippen LogP contribution is 2.09. The molecule has 25 heavy (non-hydrogen) atoms. The summed E-state index contributed by atoms with van der Waals surface area (Å²) in [5.74, 6) is -0.314. The first-order valence-corrected chi connectivity index (χ1v) is 10.7. The Balaban J connectivity index is 1.85. The van der Waals surface area contributed by atoms with Gasteiger partial charge in [0, 0.05) is 19.6 Å². The smallest absolute Gasteiger partial charge is 0.328 e. The Morgan fingerprint density at radius 3 is 2.32 bits per heavy atom. The second kappa shape index (κ2) is 8.13. The average Bonchev–Trinajstić information content (AvgIpc) is 2.55. The Morgan fingerprint density at radius 2 is 1.72 bits per heavy atom. The van der Waals surface area contributed by atoms with Crippen molar-refractivity contribution in [1.82, 2.24) is 14.3 Å². The molecule has 1 aliphatic rings. The van der Waals surface area contributed by atoms with Gasteiger partial charge in [0.05, 0.1) is 23.9 Å². The van der Waals surface area contributed by atoms with Crippen LogP contribution in [0.1, 0.15) is 5.56 Å².